The number of sulfonamides is 1. The molecule has 112 valence electrons. The van der Waals surface area contributed by atoms with E-state index in [1.54, 1.807) is 24.3 Å². The average molecular weight is 329 g/mol. The first kappa shape index (κ1) is 15.6. The lowest BCUT2D eigenvalue weighted by atomic mass is 10.2. The van der Waals surface area contributed by atoms with Gasteiger partial charge in [-0.25, -0.2) is 12.8 Å². The molecule has 0 saturated heterocycles. The second kappa shape index (κ2) is 5.91. The van der Waals surface area contributed by atoms with Crippen LogP contribution < -0.4 is 10.5 Å². The Kier molecular flexibility index (Phi) is 4.39. The molecule has 4 nitrogen and oxygen atoms in total. The van der Waals surface area contributed by atoms with E-state index in [2.05, 4.69) is 4.72 Å². The Morgan fingerprint density at radius 3 is 2.43 bits per heavy atom. The summed E-state index contributed by atoms with van der Waals surface area (Å²) in [5, 5.41) is 0.0515. The van der Waals surface area contributed by atoms with E-state index >= 15 is 0 Å². The molecule has 0 fully saturated rings. The fourth-order valence-corrected chi connectivity index (χ4v) is 3.28. The van der Waals surface area contributed by atoms with Crippen molar-refractivity contribution in [1.82, 2.24) is 0 Å². The normalized spacial score (nSPS) is 11.4. The molecule has 21 heavy (non-hydrogen) atoms. The maximum Gasteiger partial charge on any atom is 0.264 e. The molecule has 0 bridgehead atoms. The van der Waals surface area contributed by atoms with E-state index < -0.39 is 20.7 Å². The van der Waals surface area contributed by atoms with Crippen molar-refractivity contribution >= 4 is 33.0 Å². The number of hydrogen-bond donors (Lipinski definition) is 2. The fourth-order valence-electron chi connectivity index (χ4n) is 1.80. The first-order valence-electron chi connectivity index (χ1n) is 6.19. The van der Waals surface area contributed by atoms with Crippen molar-refractivity contribution in [2.75, 3.05) is 10.5 Å². The Morgan fingerprint density at radius 2 is 1.86 bits per heavy atom. The highest BCUT2D eigenvalue weighted by Gasteiger charge is 2.22. The van der Waals surface area contributed by atoms with Gasteiger partial charge in [-0.1, -0.05) is 30.7 Å². The number of nitrogens with two attached hydrogens (primary N) is 1. The second-order valence-corrected chi connectivity index (χ2v) is 6.55. The fraction of sp³-hybridized carbons (Fsp3) is 0.143. The Bertz CT molecular complexity index is 761. The molecule has 0 spiro atoms. The van der Waals surface area contributed by atoms with Crippen LogP contribution in [0.2, 0.25) is 5.02 Å². The summed E-state index contributed by atoms with van der Waals surface area (Å²) in [6.45, 7) is 1.99. The van der Waals surface area contributed by atoms with Gasteiger partial charge in [0.05, 0.1) is 5.69 Å². The van der Waals surface area contributed by atoms with Crippen LogP contribution in [0.5, 0.6) is 0 Å². The van der Waals surface area contributed by atoms with E-state index in [4.69, 9.17) is 17.3 Å². The zero-order chi connectivity index (χ0) is 15.6. The number of rotatable bonds is 4. The van der Waals surface area contributed by atoms with Crippen molar-refractivity contribution in [3.05, 3.63) is 52.8 Å². The largest absolute Gasteiger partial charge is 0.396 e. The van der Waals surface area contributed by atoms with Crippen molar-refractivity contribution in [3.63, 3.8) is 0 Å². The summed E-state index contributed by atoms with van der Waals surface area (Å²) in [7, 11) is -4.10. The van der Waals surface area contributed by atoms with E-state index in [-0.39, 0.29) is 10.7 Å². The smallest absolute Gasteiger partial charge is 0.264 e. The predicted molar refractivity (Wildman–Crippen MR) is 82.5 cm³/mol. The van der Waals surface area contributed by atoms with Crippen molar-refractivity contribution in [2.45, 2.75) is 18.2 Å². The van der Waals surface area contributed by atoms with Gasteiger partial charge in [-0.15, -0.1) is 0 Å². The van der Waals surface area contributed by atoms with E-state index in [1.807, 2.05) is 6.92 Å². The molecular formula is C14H14ClFN2O2S. The first-order valence-corrected chi connectivity index (χ1v) is 8.06. The van der Waals surface area contributed by atoms with Gasteiger partial charge in [-0.3, -0.25) is 4.72 Å². The number of hydrogen-bond acceptors (Lipinski definition) is 3. The van der Waals surface area contributed by atoms with Crippen LogP contribution >= 0.6 is 11.6 Å². The number of nitrogen functional groups attached to an aromatic ring is 1. The number of anilines is 2. The highest BCUT2D eigenvalue weighted by Crippen LogP contribution is 2.26. The maximum absolute atomic E-state index is 13.9. The van der Waals surface area contributed by atoms with Crippen molar-refractivity contribution < 1.29 is 12.8 Å². The van der Waals surface area contributed by atoms with Gasteiger partial charge < -0.3 is 5.73 Å². The van der Waals surface area contributed by atoms with Crippen LogP contribution in [0.15, 0.2) is 41.3 Å². The molecule has 0 amide bonds. The molecule has 3 N–H and O–H groups in total. The molecule has 0 aromatic heterocycles. The summed E-state index contributed by atoms with van der Waals surface area (Å²) in [4.78, 5) is -0.577. The van der Waals surface area contributed by atoms with Crippen molar-refractivity contribution in [3.8, 4) is 0 Å². The van der Waals surface area contributed by atoms with Gasteiger partial charge in [0.1, 0.15) is 4.90 Å². The Balaban J connectivity index is 2.38. The van der Waals surface area contributed by atoms with Crippen LogP contribution in [0.1, 0.15) is 12.5 Å². The number of aryl methyl sites for hydroxylation is 1. The summed E-state index contributed by atoms with van der Waals surface area (Å²) in [6, 6.07) is 8.99. The van der Waals surface area contributed by atoms with Crippen LogP contribution in [-0.2, 0) is 16.4 Å². The third-order valence-corrected chi connectivity index (χ3v) is 4.53. The predicted octanol–water partition coefficient (Wildman–Crippen LogP) is 3.42. The van der Waals surface area contributed by atoms with Gasteiger partial charge in [-0.05, 0) is 36.2 Å². The quantitative estimate of drug-likeness (QED) is 0.845. The third kappa shape index (κ3) is 3.46. The number of benzene rings is 2. The van der Waals surface area contributed by atoms with Gasteiger partial charge in [0.25, 0.3) is 10.0 Å². The van der Waals surface area contributed by atoms with E-state index in [0.29, 0.717) is 5.69 Å². The summed E-state index contributed by atoms with van der Waals surface area (Å²) in [5.74, 6) is -1.02. The molecule has 0 aliphatic rings. The Labute approximate surface area is 127 Å². The third-order valence-electron chi connectivity index (χ3n) is 2.94. The molecule has 0 atom stereocenters. The van der Waals surface area contributed by atoms with E-state index in [9.17, 15) is 12.8 Å². The molecule has 7 heteroatoms. The lowest BCUT2D eigenvalue weighted by molar-refractivity contribution is 0.573. The second-order valence-electron chi connectivity index (χ2n) is 4.46. The van der Waals surface area contributed by atoms with Crippen LogP contribution in [-0.4, -0.2) is 8.42 Å². The molecule has 0 radical (unpaired) electrons. The molecular weight excluding hydrogens is 315 g/mol. The van der Waals surface area contributed by atoms with Crippen LogP contribution in [0.25, 0.3) is 0 Å². The molecule has 0 unspecified atom stereocenters. The molecule has 0 aliphatic carbocycles. The maximum atomic E-state index is 13.9. The zero-order valence-electron chi connectivity index (χ0n) is 11.2. The standard InChI is InChI=1S/C14H14ClFN2O2S/c1-2-9-3-5-11(6-4-9)18-21(19,20)13-8-10(15)7-12(17)14(13)16/h3-8,18H,2,17H2,1H3. The van der Waals surface area contributed by atoms with E-state index in [0.717, 1.165) is 24.1 Å². The highest BCUT2D eigenvalue weighted by atomic mass is 35.5. The monoisotopic (exact) mass is 328 g/mol. The molecule has 2 aromatic carbocycles. The Hall–Kier alpha value is -1.79. The van der Waals surface area contributed by atoms with Gasteiger partial charge in [0.15, 0.2) is 5.82 Å². The zero-order valence-corrected chi connectivity index (χ0v) is 12.8. The minimum atomic E-state index is -4.10. The topological polar surface area (TPSA) is 72.2 Å². The molecule has 2 aromatic rings. The van der Waals surface area contributed by atoms with E-state index in [1.165, 1.54) is 0 Å². The van der Waals surface area contributed by atoms with Crippen LogP contribution in [0.3, 0.4) is 0 Å². The minimum absolute atomic E-state index is 0.0515. The molecule has 2 rings (SSSR count). The van der Waals surface area contributed by atoms with Crippen LogP contribution in [0, 0.1) is 5.82 Å². The lowest BCUT2D eigenvalue weighted by Crippen LogP contribution is -2.15. The number of halogens is 2. The van der Waals surface area contributed by atoms with Crippen LogP contribution in [0.4, 0.5) is 15.8 Å². The number of nitrogens with one attached hydrogen (secondary N) is 1. The summed E-state index contributed by atoms with van der Waals surface area (Å²) in [5.41, 5.74) is 6.49. The minimum Gasteiger partial charge on any atom is -0.396 e. The summed E-state index contributed by atoms with van der Waals surface area (Å²) < 4.78 is 40.6. The molecule has 0 aliphatic heterocycles. The lowest BCUT2D eigenvalue weighted by Gasteiger charge is -2.11. The van der Waals surface area contributed by atoms with Gasteiger partial charge in [-0.2, -0.15) is 0 Å². The first-order chi connectivity index (χ1) is 9.83. The molecule has 0 saturated carbocycles. The summed E-state index contributed by atoms with van der Waals surface area (Å²) in [6.07, 6.45) is 0.840. The van der Waals surface area contributed by atoms with Gasteiger partial charge in [0, 0.05) is 10.7 Å². The SMILES string of the molecule is CCc1ccc(NS(=O)(=O)c2cc(Cl)cc(N)c2F)cc1. The highest BCUT2D eigenvalue weighted by molar-refractivity contribution is 7.92. The average Bonchev–Trinajstić information content (AvgIpc) is 2.43. The Morgan fingerprint density at radius 1 is 1.24 bits per heavy atom. The van der Waals surface area contributed by atoms with Gasteiger partial charge >= 0.3 is 0 Å². The molecule has 0 heterocycles. The summed E-state index contributed by atoms with van der Waals surface area (Å²) >= 11 is 5.73. The van der Waals surface area contributed by atoms with Crippen molar-refractivity contribution in [2.24, 2.45) is 0 Å². The van der Waals surface area contributed by atoms with Gasteiger partial charge in [0.2, 0.25) is 0 Å². The van der Waals surface area contributed by atoms with Crippen molar-refractivity contribution in [1.29, 1.82) is 0 Å².